The zero-order valence-corrected chi connectivity index (χ0v) is 44.4. The molecule has 0 N–H and O–H groups in total. The summed E-state index contributed by atoms with van der Waals surface area (Å²) in [5.74, 6) is 1.94. The topological polar surface area (TPSA) is 49.0 Å². The molecule has 8 aromatic carbocycles. The number of benzene rings is 8. The molecule has 1 aliphatic rings. The number of furan rings is 1. The van der Waals surface area contributed by atoms with E-state index in [4.69, 9.17) is 14.1 Å². The Labute approximate surface area is 440 Å². The molecule has 4 heterocycles. The zero-order valence-electron chi connectivity index (χ0n) is 42.1. The Morgan fingerprint density at radius 3 is 1.95 bits per heavy atom. The number of hydrogen-bond acceptors (Lipinski definition) is 3. The fourth-order valence-electron chi connectivity index (χ4n) is 11.2. The van der Waals surface area contributed by atoms with Gasteiger partial charge < -0.3 is 18.3 Å². The predicted molar refractivity (Wildman–Crippen MR) is 292 cm³/mol. The predicted octanol–water partition coefficient (Wildman–Crippen LogP) is 16.5. The van der Waals surface area contributed by atoms with Crippen LogP contribution in [-0.4, -0.2) is 14.1 Å². The van der Waals surface area contributed by atoms with Crippen LogP contribution >= 0.6 is 0 Å². The van der Waals surface area contributed by atoms with Crippen LogP contribution in [0.1, 0.15) is 78.0 Å². The molecule has 0 fully saturated rings. The smallest absolute Gasteiger partial charge is 0.268 e. The van der Waals surface area contributed by atoms with Crippen LogP contribution in [-0.2, 0) is 37.3 Å². The monoisotopic (exact) mass is 1130 g/mol. The van der Waals surface area contributed by atoms with Crippen LogP contribution in [0.15, 0.2) is 180 Å². The standard InChI is InChI=1S/C66H54N4O2.Pt/c1-64(2,3)44-31-34-67-61(35-44)70-55-26-15-14-23-49(55)50-30-29-45(37-58(50)70)71-46-36-52-51-39-53-54(66(6,7)33-32-65(53,4)5)40-60(51)72-63(52)59(38-46)68-41-69(57-28-17-16-27-56(57)68)62-47(42-19-10-8-11-20-42)24-18-25-48(62)43-21-12-9-13-22-43;/h8-31,34-36,39-40H,32-33H2,1-7H3;/q-2;. The van der Waals surface area contributed by atoms with Gasteiger partial charge >= 0.3 is 0 Å². The Morgan fingerprint density at radius 1 is 0.603 bits per heavy atom. The van der Waals surface area contributed by atoms with Crippen LogP contribution in [0.25, 0.3) is 94.2 Å². The Morgan fingerprint density at radius 2 is 1.25 bits per heavy atom. The Kier molecular flexibility index (Phi) is 11.0. The molecule has 13 rings (SSSR count). The molecule has 1 aliphatic carbocycles. The molecule has 362 valence electrons. The summed E-state index contributed by atoms with van der Waals surface area (Å²) < 4.78 is 20.7. The van der Waals surface area contributed by atoms with Gasteiger partial charge in [0.25, 0.3) is 6.33 Å². The third kappa shape index (κ3) is 7.72. The van der Waals surface area contributed by atoms with Gasteiger partial charge in [0, 0.05) is 55.2 Å². The number of ether oxygens (including phenoxy) is 1. The first kappa shape index (κ1) is 46.5. The van der Waals surface area contributed by atoms with E-state index >= 15 is 0 Å². The van der Waals surface area contributed by atoms with Gasteiger partial charge in [0.15, 0.2) is 0 Å². The molecule has 0 amide bonds. The van der Waals surface area contributed by atoms with E-state index in [0.717, 1.165) is 95.8 Å². The molecule has 0 unspecified atom stereocenters. The fraction of sp³-hybridized carbons (Fsp3) is 0.182. The van der Waals surface area contributed by atoms with E-state index in [-0.39, 0.29) is 37.3 Å². The minimum atomic E-state index is -0.0552. The van der Waals surface area contributed by atoms with E-state index in [9.17, 15) is 0 Å². The minimum absolute atomic E-state index is 0. The van der Waals surface area contributed by atoms with Crippen molar-refractivity contribution in [3.05, 3.63) is 211 Å². The van der Waals surface area contributed by atoms with Gasteiger partial charge in [0.1, 0.15) is 11.4 Å². The van der Waals surface area contributed by atoms with E-state index in [1.165, 1.54) is 16.7 Å². The first-order chi connectivity index (χ1) is 34.8. The molecule has 0 saturated carbocycles. The van der Waals surface area contributed by atoms with Crippen LogP contribution in [0.5, 0.6) is 11.5 Å². The van der Waals surface area contributed by atoms with Crippen molar-refractivity contribution in [3.63, 3.8) is 0 Å². The summed E-state index contributed by atoms with van der Waals surface area (Å²) in [7, 11) is 0. The van der Waals surface area contributed by atoms with Crippen molar-refractivity contribution >= 4 is 54.8 Å². The van der Waals surface area contributed by atoms with Crippen molar-refractivity contribution < 1.29 is 34.8 Å². The van der Waals surface area contributed by atoms with Gasteiger partial charge in [-0.3, -0.25) is 4.57 Å². The minimum Gasteiger partial charge on any atom is -0.519 e. The number of rotatable bonds is 7. The number of fused-ring (bicyclic) bond motifs is 8. The Balaban J connectivity index is 0.00000543. The second kappa shape index (κ2) is 17.3. The van der Waals surface area contributed by atoms with Crippen molar-refractivity contribution in [1.82, 2.24) is 14.1 Å². The van der Waals surface area contributed by atoms with Crippen LogP contribution in [0.4, 0.5) is 0 Å². The molecule has 0 bridgehead atoms. The maximum atomic E-state index is 7.16. The van der Waals surface area contributed by atoms with Crippen molar-refractivity contribution in [2.45, 2.75) is 77.6 Å². The Hall–Kier alpha value is -7.53. The molecule has 4 aromatic heterocycles. The van der Waals surface area contributed by atoms with Gasteiger partial charge in [-0.15, -0.1) is 29.7 Å². The largest absolute Gasteiger partial charge is 0.519 e. The number of pyridine rings is 1. The van der Waals surface area contributed by atoms with Gasteiger partial charge in [-0.2, -0.15) is 6.07 Å². The average Bonchev–Trinajstić information content (AvgIpc) is 4.07. The van der Waals surface area contributed by atoms with Crippen molar-refractivity contribution in [1.29, 1.82) is 0 Å². The summed E-state index contributed by atoms with van der Waals surface area (Å²) in [5.41, 5.74) is 15.4. The molecule has 73 heavy (non-hydrogen) atoms. The molecule has 0 radical (unpaired) electrons. The number of imidazole rings is 1. The van der Waals surface area contributed by atoms with Crippen LogP contribution in [0.2, 0.25) is 0 Å². The van der Waals surface area contributed by atoms with E-state index in [1.807, 2.05) is 12.3 Å². The van der Waals surface area contributed by atoms with E-state index in [2.05, 4.69) is 244 Å². The molecular formula is C66H54N4O2Pt-2. The molecule has 0 spiro atoms. The van der Waals surface area contributed by atoms with Gasteiger partial charge in [0.05, 0.1) is 16.7 Å². The molecular weight excluding hydrogens is 1080 g/mol. The fourth-order valence-corrected chi connectivity index (χ4v) is 11.2. The average molecular weight is 1130 g/mol. The van der Waals surface area contributed by atoms with E-state index in [1.54, 1.807) is 0 Å². The second-order valence-electron chi connectivity index (χ2n) is 21.9. The van der Waals surface area contributed by atoms with Crippen LogP contribution in [0.3, 0.4) is 0 Å². The summed E-state index contributed by atoms with van der Waals surface area (Å²) in [6, 6.07) is 67.5. The summed E-state index contributed by atoms with van der Waals surface area (Å²) in [6.45, 7) is 16.2. The first-order valence-corrected chi connectivity index (χ1v) is 25.1. The van der Waals surface area contributed by atoms with Gasteiger partial charge in [-0.25, -0.2) is 4.98 Å². The van der Waals surface area contributed by atoms with Crippen molar-refractivity contribution in [2.75, 3.05) is 0 Å². The van der Waals surface area contributed by atoms with E-state index in [0.29, 0.717) is 22.8 Å². The van der Waals surface area contributed by atoms with E-state index < -0.39 is 0 Å². The summed E-state index contributed by atoms with van der Waals surface area (Å²) in [5, 5.41) is 4.19. The number of nitrogens with zero attached hydrogens (tertiary/aromatic N) is 4. The van der Waals surface area contributed by atoms with Crippen molar-refractivity contribution in [2.24, 2.45) is 0 Å². The molecule has 0 atom stereocenters. The van der Waals surface area contributed by atoms with Gasteiger partial charge in [-0.1, -0.05) is 181 Å². The summed E-state index contributed by atoms with van der Waals surface area (Å²) in [4.78, 5) is 4.93. The first-order valence-electron chi connectivity index (χ1n) is 25.1. The number of aromatic nitrogens is 4. The van der Waals surface area contributed by atoms with Crippen molar-refractivity contribution in [3.8, 4) is 50.9 Å². The molecule has 7 heteroatoms. The third-order valence-corrected chi connectivity index (χ3v) is 15.3. The van der Waals surface area contributed by atoms with Crippen LogP contribution in [0, 0.1) is 18.5 Å². The quantitative estimate of drug-likeness (QED) is 0.118. The molecule has 6 nitrogen and oxygen atoms in total. The second-order valence-corrected chi connectivity index (χ2v) is 21.9. The van der Waals surface area contributed by atoms with Gasteiger partial charge in [-0.05, 0) is 109 Å². The SMILES string of the molecule is CC(C)(C)c1ccnc(-n2c3[c-]c(Oc4[c-]c(-[n+]5[c-]n(-c6c(-c7ccccc7)cccc6-c6ccccc6)c6ccccc65)c5oc6cc7c(cc6c5c4)C(C)(C)CCC7(C)C)ccc3c3ccccc32)c1.[Pt]. The summed E-state index contributed by atoms with van der Waals surface area (Å²) >= 11 is 0. The normalized spacial score (nSPS) is 14.2. The number of para-hydroxylation sites is 4. The molecule has 0 saturated heterocycles. The maximum absolute atomic E-state index is 7.16. The van der Waals surface area contributed by atoms with Gasteiger partial charge in [0.2, 0.25) is 0 Å². The maximum Gasteiger partial charge on any atom is 0.268 e. The van der Waals surface area contributed by atoms with Crippen LogP contribution < -0.4 is 9.30 Å². The number of hydrogen-bond donors (Lipinski definition) is 0. The Bertz CT molecular complexity index is 4060. The molecule has 12 aromatic rings. The third-order valence-electron chi connectivity index (χ3n) is 15.3. The zero-order chi connectivity index (χ0) is 49.1. The summed E-state index contributed by atoms with van der Waals surface area (Å²) in [6.07, 6.45) is 8.02. The molecule has 0 aliphatic heterocycles.